The van der Waals surface area contributed by atoms with Crippen LogP contribution < -0.4 is 21.1 Å². The minimum atomic E-state index is -0.959. The van der Waals surface area contributed by atoms with Crippen molar-refractivity contribution in [3.63, 3.8) is 0 Å². The number of amides is 1. The highest BCUT2D eigenvalue weighted by atomic mass is 16.5. The maximum atomic E-state index is 13.1. The maximum Gasteiger partial charge on any atom is 0.227 e. The highest BCUT2D eigenvalue weighted by Gasteiger charge is 2.33. The summed E-state index contributed by atoms with van der Waals surface area (Å²) < 4.78 is 5.17. The van der Waals surface area contributed by atoms with Crippen LogP contribution in [0.1, 0.15) is 22.7 Å². The summed E-state index contributed by atoms with van der Waals surface area (Å²) in [6.07, 6.45) is -0.959. The minimum absolute atomic E-state index is 0.232. The number of carbonyl (C=O) groups excluding carboxylic acids is 1. The van der Waals surface area contributed by atoms with Gasteiger partial charge in [-0.3, -0.25) is 4.79 Å². The van der Waals surface area contributed by atoms with E-state index in [0.717, 1.165) is 22.4 Å². The second-order valence-electron chi connectivity index (χ2n) is 7.71. The van der Waals surface area contributed by atoms with Gasteiger partial charge < -0.3 is 26.2 Å². The number of carbonyl (C=O) groups is 1. The second kappa shape index (κ2) is 12.0. The van der Waals surface area contributed by atoms with Crippen molar-refractivity contribution in [1.82, 2.24) is 10.6 Å². The number of benzene rings is 3. The fourth-order valence-corrected chi connectivity index (χ4v) is 3.60. The molecule has 3 atom stereocenters. The van der Waals surface area contributed by atoms with Crippen molar-refractivity contribution >= 4 is 5.91 Å². The van der Waals surface area contributed by atoms with Gasteiger partial charge in [-0.1, -0.05) is 72.8 Å². The van der Waals surface area contributed by atoms with Crippen molar-refractivity contribution < 1.29 is 14.6 Å². The lowest BCUT2D eigenvalue weighted by atomic mass is 9.88. The van der Waals surface area contributed by atoms with E-state index in [2.05, 4.69) is 10.6 Å². The molecule has 0 aliphatic carbocycles. The van der Waals surface area contributed by atoms with Gasteiger partial charge in [-0.2, -0.15) is 0 Å². The Hall–Kier alpha value is -3.19. The Labute approximate surface area is 189 Å². The van der Waals surface area contributed by atoms with Crippen LogP contribution in [0.25, 0.3) is 0 Å². The molecule has 6 heteroatoms. The van der Waals surface area contributed by atoms with E-state index < -0.39 is 18.1 Å². The molecule has 3 aromatic carbocycles. The molecule has 0 saturated carbocycles. The molecular weight excluding hydrogens is 402 g/mol. The van der Waals surface area contributed by atoms with E-state index in [1.54, 1.807) is 7.11 Å². The molecule has 0 aliphatic rings. The summed E-state index contributed by atoms with van der Waals surface area (Å²) in [6.45, 7) is 1.17. The average molecular weight is 434 g/mol. The summed E-state index contributed by atoms with van der Waals surface area (Å²) in [4.78, 5) is 13.1. The summed E-state index contributed by atoms with van der Waals surface area (Å²) in [7, 11) is 1.63. The Morgan fingerprint density at radius 3 is 2.12 bits per heavy atom. The molecule has 32 heavy (non-hydrogen) atoms. The molecule has 0 fully saturated rings. The van der Waals surface area contributed by atoms with Crippen molar-refractivity contribution in [2.45, 2.75) is 25.2 Å². The van der Waals surface area contributed by atoms with Crippen molar-refractivity contribution in [3.8, 4) is 5.75 Å². The normalized spacial score (nSPS) is 13.7. The molecule has 3 unspecified atom stereocenters. The topological polar surface area (TPSA) is 96.6 Å². The molecule has 0 aliphatic heterocycles. The number of ether oxygens (including phenoxy) is 1. The van der Waals surface area contributed by atoms with Gasteiger partial charge in [0, 0.05) is 25.7 Å². The smallest absolute Gasteiger partial charge is 0.227 e. The number of hydrogen-bond acceptors (Lipinski definition) is 5. The molecule has 6 nitrogen and oxygen atoms in total. The average Bonchev–Trinajstić information content (AvgIpc) is 2.84. The lowest BCUT2D eigenvalue weighted by Gasteiger charge is -2.28. The van der Waals surface area contributed by atoms with Gasteiger partial charge in [0.05, 0.1) is 19.1 Å². The number of aliphatic hydroxyl groups is 1. The fourth-order valence-electron chi connectivity index (χ4n) is 3.60. The van der Waals surface area contributed by atoms with E-state index >= 15 is 0 Å². The van der Waals surface area contributed by atoms with Crippen molar-refractivity contribution in [2.24, 2.45) is 11.7 Å². The summed E-state index contributed by atoms with van der Waals surface area (Å²) in [5, 5.41) is 17.1. The number of rotatable bonds is 11. The standard InChI is InChI=1S/C26H31N3O3/c1-32-22-14-12-20(13-15-22)16-28-18-23(30)24(25(27)21-10-6-3-7-11-21)26(31)29-17-19-8-4-2-5-9-19/h2-15,23-25,28,30H,16-18,27H2,1H3,(H,29,31). The third-order valence-corrected chi connectivity index (χ3v) is 5.44. The quantitative estimate of drug-likeness (QED) is 0.373. The molecule has 0 saturated heterocycles. The SMILES string of the molecule is COc1ccc(CNCC(O)C(C(=O)NCc2ccccc2)C(N)c2ccccc2)cc1. The summed E-state index contributed by atoms with van der Waals surface area (Å²) in [5.74, 6) is -0.286. The third-order valence-electron chi connectivity index (χ3n) is 5.44. The molecular formula is C26H31N3O3. The van der Waals surface area contributed by atoms with E-state index in [1.165, 1.54) is 0 Å². The largest absolute Gasteiger partial charge is 0.497 e. The van der Waals surface area contributed by atoms with Crippen LogP contribution >= 0.6 is 0 Å². The van der Waals surface area contributed by atoms with Crippen LogP contribution in [0.2, 0.25) is 0 Å². The predicted octanol–water partition coefficient (Wildman–Crippen LogP) is 2.78. The predicted molar refractivity (Wildman–Crippen MR) is 126 cm³/mol. The molecule has 3 rings (SSSR count). The van der Waals surface area contributed by atoms with Crippen LogP contribution in [-0.4, -0.2) is 30.8 Å². The summed E-state index contributed by atoms with van der Waals surface area (Å²) in [6, 6.07) is 26.1. The Balaban J connectivity index is 1.65. The van der Waals surface area contributed by atoms with Gasteiger partial charge in [-0.25, -0.2) is 0 Å². The monoisotopic (exact) mass is 433 g/mol. The molecule has 0 heterocycles. The first-order valence-corrected chi connectivity index (χ1v) is 10.7. The van der Waals surface area contributed by atoms with Crippen molar-refractivity contribution in [1.29, 1.82) is 0 Å². The zero-order valence-corrected chi connectivity index (χ0v) is 18.3. The molecule has 5 N–H and O–H groups in total. The number of nitrogens with one attached hydrogen (secondary N) is 2. The van der Waals surface area contributed by atoms with Gasteiger partial charge in [-0.15, -0.1) is 0 Å². The van der Waals surface area contributed by atoms with Crippen LogP contribution in [-0.2, 0) is 17.9 Å². The Bertz CT molecular complexity index is 949. The van der Waals surface area contributed by atoms with Crippen LogP contribution in [0.3, 0.4) is 0 Å². The molecule has 0 bridgehead atoms. The number of aliphatic hydroxyl groups excluding tert-OH is 1. The van der Waals surface area contributed by atoms with E-state index in [0.29, 0.717) is 13.1 Å². The van der Waals surface area contributed by atoms with E-state index in [1.807, 2.05) is 84.9 Å². The highest BCUT2D eigenvalue weighted by molar-refractivity contribution is 5.80. The summed E-state index contributed by atoms with van der Waals surface area (Å²) in [5.41, 5.74) is 9.31. The van der Waals surface area contributed by atoms with Crippen LogP contribution in [0.4, 0.5) is 0 Å². The minimum Gasteiger partial charge on any atom is -0.497 e. The first kappa shape index (κ1) is 23.5. The van der Waals surface area contributed by atoms with Gasteiger partial charge in [0.2, 0.25) is 5.91 Å². The maximum absolute atomic E-state index is 13.1. The molecule has 0 radical (unpaired) electrons. The van der Waals surface area contributed by atoms with Crippen LogP contribution in [0.5, 0.6) is 5.75 Å². The van der Waals surface area contributed by atoms with Gasteiger partial charge in [0.15, 0.2) is 0 Å². The van der Waals surface area contributed by atoms with Crippen molar-refractivity contribution in [2.75, 3.05) is 13.7 Å². The third kappa shape index (κ3) is 6.65. The lowest BCUT2D eigenvalue weighted by molar-refractivity contribution is -0.129. The van der Waals surface area contributed by atoms with Crippen LogP contribution in [0, 0.1) is 5.92 Å². The molecule has 168 valence electrons. The molecule has 0 spiro atoms. The Kier molecular flexibility index (Phi) is 8.80. The van der Waals surface area contributed by atoms with Crippen LogP contribution in [0.15, 0.2) is 84.9 Å². The van der Waals surface area contributed by atoms with Gasteiger partial charge in [-0.05, 0) is 28.8 Å². The number of nitrogens with two attached hydrogens (primary N) is 1. The highest BCUT2D eigenvalue weighted by Crippen LogP contribution is 2.23. The number of hydrogen-bond donors (Lipinski definition) is 4. The first-order chi connectivity index (χ1) is 15.6. The van der Waals surface area contributed by atoms with E-state index in [4.69, 9.17) is 10.5 Å². The van der Waals surface area contributed by atoms with Crippen molar-refractivity contribution in [3.05, 3.63) is 102 Å². The Morgan fingerprint density at radius 1 is 0.906 bits per heavy atom. The Morgan fingerprint density at radius 2 is 1.50 bits per heavy atom. The zero-order chi connectivity index (χ0) is 22.8. The molecule has 0 aromatic heterocycles. The molecule has 3 aromatic rings. The summed E-state index contributed by atoms with van der Waals surface area (Å²) >= 11 is 0. The fraction of sp³-hybridized carbons (Fsp3) is 0.269. The molecule has 1 amide bonds. The van der Waals surface area contributed by atoms with Gasteiger partial charge in [0.1, 0.15) is 5.75 Å². The zero-order valence-electron chi connectivity index (χ0n) is 18.3. The first-order valence-electron chi connectivity index (χ1n) is 10.7. The van der Waals surface area contributed by atoms with E-state index in [9.17, 15) is 9.90 Å². The van der Waals surface area contributed by atoms with Gasteiger partial charge >= 0.3 is 0 Å². The number of methoxy groups -OCH3 is 1. The van der Waals surface area contributed by atoms with Gasteiger partial charge in [0.25, 0.3) is 0 Å². The van der Waals surface area contributed by atoms with E-state index in [-0.39, 0.29) is 12.5 Å². The lowest BCUT2D eigenvalue weighted by Crippen LogP contribution is -2.47. The second-order valence-corrected chi connectivity index (χ2v) is 7.71.